The molecule has 2 saturated carbocycles. The molecule has 8 rings (SSSR count). The zero-order valence-electron chi connectivity index (χ0n) is 27.5. The highest BCUT2D eigenvalue weighted by Crippen LogP contribution is 2.46. The molecule has 4 fully saturated rings. The van der Waals surface area contributed by atoms with Gasteiger partial charge in [-0.3, -0.25) is 9.59 Å². The van der Waals surface area contributed by atoms with Crippen LogP contribution in [0.25, 0.3) is 33.6 Å². The van der Waals surface area contributed by atoms with Crippen molar-refractivity contribution in [2.24, 2.45) is 17.1 Å². The van der Waals surface area contributed by atoms with Gasteiger partial charge in [0.05, 0.1) is 30.1 Å². The van der Waals surface area contributed by atoms with Crippen LogP contribution in [0.2, 0.25) is 0 Å². The molecule has 4 atom stereocenters. The van der Waals surface area contributed by atoms with E-state index in [1.165, 1.54) is 12.8 Å². The fourth-order valence-electron chi connectivity index (χ4n) is 7.64. The third-order valence-electron chi connectivity index (χ3n) is 10.6. The van der Waals surface area contributed by atoms with Crippen LogP contribution in [0.3, 0.4) is 0 Å². The summed E-state index contributed by atoms with van der Waals surface area (Å²) in [6, 6.07) is 10.7. The molecule has 2 bridgehead atoms. The Morgan fingerprint density at radius 1 is 1.04 bits per heavy atom. The van der Waals surface area contributed by atoms with Gasteiger partial charge in [-0.1, -0.05) is 20.8 Å². The largest absolute Gasteiger partial charge is 0.494 e. The van der Waals surface area contributed by atoms with Gasteiger partial charge in [0.1, 0.15) is 16.9 Å². The van der Waals surface area contributed by atoms with Crippen molar-refractivity contribution < 1.29 is 14.3 Å². The summed E-state index contributed by atoms with van der Waals surface area (Å²) in [4.78, 5) is 39.1. The average Bonchev–Trinajstić information content (AvgIpc) is 3.90. The van der Waals surface area contributed by atoms with Crippen LogP contribution in [0.15, 0.2) is 30.3 Å². The van der Waals surface area contributed by atoms with Gasteiger partial charge in [-0.25, -0.2) is 9.97 Å². The summed E-state index contributed by atoms with van der Waals surface area (Å²) in [5.74, 6) is 2.20. The van der Waals surface area contributed by atoms with Gasteiger partial charge in [0.15, 0.2) is 5.82 Å². The number of aromatic nitrogens is 4. The van der Waals surface area contributed by atoms with Gasteiger partial charge in [-0.05, 0) is 88.1 Å². The molecule has 0 unspecified atom stereocenters. The Morgan fingerprint density at radius 3 is 2.43 bits per heavy atom. The molecule has 3 N–H and O–H groups in total. The fraction of sp³-hybridized carbons (Fsp3) is 0.556. The summed E-state index contributed by atoms with van der Waals surface area (Å²) in [7, 11) is 1.68. The van der Waals surface area contributed by atoms with Gasteiger partial charge in [-0.2, -0.15) is 0 Å². The Kier molecular flexibility index (Phi) is 6.76. The van der Waals surface area contributed by atoms with Gasteiger partial charge >= 0.3 is 0 Å². The first kappa shape index (κ1) is 29.5. The number of nitrogens with two attached hydrogens (primary N) is 1. The Balaban J connectivity index is 1.24. The number of imidazole rings is 1. The van der Waals surface area contributed by atoms with Gasteiger partial charge in [0, 0.05) is 47.1 Å². The van der Waals surface area contributed by atoms with Gasteiger partial charge in [-0.15, -0.1) is 0 Å². The second-order valence-electron chi connectivity index (χ2n) is 15.2. The third-order valence-corrected chi connectivity index (χ3v) is 10.6. The van der Waals surface area contributed by atoms with E-state index in [1.54, 1.807) is 7.11 Å². The van der Waals surface area contributed by atoms with E-state index in [0.717, 1.165) is 77.9 Å². The molecular weight excluding hydrogens is 578 g/mol. The summed E-state index contributed by atoms with van der Waals surface area (Å²) in [6.45, 7) is 8.62. The number of benzene rings is 1. The first-order valence-electron chi connectivity index (χ1n) is 17.0. The second-order valence-corrected chi connectivity index (χ2v) is 15.2. The smallest absolute Gasteiger partial charge is 0.254 e. The first-order chi connectivity index (χ1) is 22.0. The van der Waals surface area contributed by atoms with Gasteiger partial charge in [0.2, 0.25) is 5.91 Å². The van der Waals surface area contributed by atoms with Crippen molar-refractivity contribution >= 4 is 33.9 Å². The highest BCUT2D eigenvalue weighted by Gasteiger charge is 2.47. The Bertz CT molecular complexity index is 1880. The number of methoxy groups -OCH3 is 1. The highest BCUT2D eigenvalue weighted by molar-refractivity contribution is 6.01. The van der Waals surface area contributed by atoms with Crippen LogP contribution in [0.4, 0.5) is 0 Å². The zero-order chi connectivity index (χ0) is 32.1. The quantitative estimate of drug-likeness (QED) is 0.259. The third kappa shape index (κ3) is 4.87. The van der Waals surface area contributed by atoms with Crippen molar-refractivity contribution in [3.05, 3.63) is 41.6 Å². The number of nitrogens with zero attached hydrogens (tertiary/aromatic N) is 5. The molecule has 10 heteroatoms. The van der Waals surface area contributed by atoms with E-state index >= 15 is 0 Å². The van der Waals surface area contributed by atoms with Crippen molar-refractivity contribution in [2.45, 2.75) is 109 Å². The molecule has 1 aromatic carbocycles. The number of ether oxygens (including phenoxy) is 1. The maximum Gasteiger partial charge on any atom is 0.254 e. The van der Waals surface area contributed by atoms with Crippen molar-refractivity contribution in [3.63, 3.8) is 0 Å². The minimum Gasteiger partial charge on any atom is -0.494 e. The highest BCUT2D eigenvalue weighted by atomic mass is 16.5. The summed E-state index contributed by atoms with van der Waals surface area (Å²) < 4.78 is 10.7. The van der Waals surface area contributed by atoms with E-state index in [-0.39, 0.29) is 36.0 Å². The number of carbonyl (C=O) groups is 2. The lowest BCUT2D eigenvalue weighted by molar-refractivity contribution is -0.129. The number of rotatable bonds is 8. The molecule has 4 aliphatic rings. The number of hydrogen-bond acceptors (Lipinski definition) is 6. The molecule has 2 amide bonds. The second kappa shape index (κ2) is 10.6. The summed E-state index contributed by atoms with van der Waals surface area (Å²) in [5, 5.41) is 4.19. The van der Waals surface area contributed by atoms with E-state index in [9.17, 15) is 9.59 Å². The minimum atomic E-state index is -0.480. The standard InChI is InChI=1S/C36H45N7O3/c1-19(38-35(45)36(2,3)4)26-12-8-21-15-29(41(32(21)39-26)18-20-6-7-20)33-40-27-14-22(16-30(46-5)31(27)43(33)23-9-10-23)34(44)42-24-11-13-28(42)25(37)17-24/h8,12,14-16,19-20,23-25,28H,6-7,9-11,13,17-18,37H2,1-5H3,(H,38,45)/t19-,24+,25-,28-/m1/s1. The maximum absolute atomic E-state index is 13.9. The Morgan fingerprint density at radius 2 is 1.80 bits per heavy atom. The topological polar surface area (TPSA) is 120 Å². The van der Waals surface area contributed by atoms with Crippen LogP contribution in [0.5, 0.6) is 5.75 Å². The van der Waals surface area contributed by atoms with E-state index < -0.39 is 5.41 Å². The lowest BCUT2D eigenvalue weighted by atomic mass is 9.95. The lowest BCUT2D eigenvalue weighted by Gasteiger charge is -2.23. The molecule has 2 aliphatic heterocycles. The number of nitrogens with one attached hydrogen (secondary N) is 1. The average molecular weight is 624 g/mol. The monoisotopic (exact) mass is 623 g/mol. The molecule has 46 heavy (non-hydrogen) atoms. The van der Waals surface area contributed by atoms with Crippen LogP contribution in [0, 0.1) is 11.3 Å². The van der Waals surface area contributed by atoms with Crippen molar-refractivity contribution in [2.75, 3.05) is 7.11 Å². The Labute approximate surface area is 269 Å². The summed E-state index contributed by atoms with van der Waals surface area (Å²) in [6.07, 6.45) is 7.43. The molecule has 242 valence electrons. The van der Waals surface area contributed by atoms with E-state index in [2.05, 4.69) is 26.6 Å². The molecule has 5 heterocycles. The SMILES string of the molecule is COc1cc(C(=O)N2[C@H]3CC[C@@H]2[C@H](N)C3)cc2nc(-c3cc4ccc([C@@H](C)NC(=O)C(C)(C)C)nc4n3CC3CC3)n(C3CC3)c12. The van der Waals surface area contributed by atoms with Crippen LogP contribution in [0.1, 0.15) is 101 Å². The number of carbonyl (C=O) groups excluding carboxylic acids is 2. The summed E-state index contributed by atoms with van der Waals surface area (Å²) in [5.41, 5.74) is 11.0. The van der Waals surface area contributed by atoms with Crippen molar-refractivity contribution in [3.8, 4) is 17.3 Å². The molecule has 0 radical (unpaired) electrons. The van der Waals surface area contributed by atoms with Gasteiger partial charge < -0.3 is 29.8 Å². The normalized spacial score (nSPS) is 23.4. The van der Waals surface area contributed by atoms with Crippen LogP contribution in [-0.4, -0.2) is 61.1 Å². The van der Waals surface area contributed by atoms with E-state index in [4.69, 9.17) is 20.4 Å². The van der Waals surface area contributed by atoms with E-state index in [1.807, 2.05) is 50.8 Å². The van der Waals surface area contributed by atoms with Crippen LogP contribution >= 0.6 is 0 Å². The fourth-order valence-corrected chi connectivity index (χ4v) is 7.64. The molecular formula is C36H45N7O3. The predicted molar refractivity (Wildman–Crippen MR) is 178 cm³/mol. The molecule has 0 spiro atoms. The molecule has 2 aliphatic carbocycles. The van der Waals surface area contributed by atoms with Crippen molar-refractivity contribution in [1.29, 1.82) is 0 Å². The van der Waals surface area contributed by atoms with Gasteiger partial charge in [0.25, 0.3) is 5.91 Å². The lowest BCUT2D eigenvalue weighted by Crippen LogP contribution is -2.40. The molecule has 4 aromatic rings. The molecule has 2 saturated heterocycles. The number of fused-ring (bicyclic) bond motifs is 4. The number of hydrogen-bond donors (Lipinski definition) is 2. The number of amides is 2. The summed E-state index contributed by atoms with van der Waals surface area (Å²) >= 11 is 0. The first-order valence-corrected chi connectivity index (χ1v) is 17.0. The van der Waals surface area contributed by atoms with Crippen molar-refractivity contribution in [1.82, 2.24) is 29.3 Å². The van der Waals surface area contributed by atoms with E-state index in [0.29, 0.717) is 23.3 Å². The molecule has 3 aromatic heterocycles. The molecule has 10 nitrogen and oxygen atoms in total. The van der Waals surface area contributed by atoms with Crippen LogP contribution < -0.4 is 15.8 Å². The predicted octanol–water partition coefficient (Wildman–Crippen LogP) is 5.73. The van der Waals surface area contributed by atoms with Crippen LogP contribution in [-0.2, 0) is 11.3 Å². The number of pyridine rings is 1. The Hall–Kier alpha value is -3.92. The minimum absolute atomic E-state index is 0.00104. The maximum atomic E-state index is 13.9. The zero-order valence-corrected chi connectivity index (χ0v) is 27.5.